The zero-order valence-electron chi connectivity index (χ0n) is 17.1. The Bertz CT molecular complexity index is 1020. The molecule has 0 unspecified atom stereocenters. The summed E-state index contributed by atoms with van der Waals surface area (Å²) < 4.78 is 13.1. The number of hydrogen-bond donors (Lipinski definition) is 1. The molecular formula is C24H24FN3O2S. The molecule has 160 valence electrons. The van der Waals surface area contributed by atoms with Crippen molar-refractivity contribution in [2.24, 2.45) is 0 Å². The number of halogens is 1. The Labute approximate surface area is 185 Å². The van der Waals surface area contributed by atoms with Crippen molar-refractivity contribution in [1.82, 2.24) is 9.80 Å². The molecule has 2 heterocycles. The molecule has 3 aromatic rings. The molecule has 31 heavy (non-hydrogen) atoms. The van der Waals surface area contributed by atoms with E-state index in [4.69, 9.17) is 0 Å². The summed E-state index contributed by atoms with van der Waals surface area (Å²) in [6.07, 6.45) is 0.891. The van der Waals surface area contributed by atoms with Gasteiger partial charge in [-0.15, -0.1) is 11.3 Å². The average Bonchev–Trinajstić information content (AvgIpc) is 3.23. The number of nitrogens with one attached hydrogen (secondary N) is 1. The molecule has 1 N–H and O–H groups in total. The van der Waals surface area contributed by atoms with Gasteiger partial charge >= 0.3 is 0 Å². The zero-order valence-corrected chi connectivity index (χ0v) is 17.9. The smallest absolute Gasteiger partial charge is 0.265 e. The summed E-state index contributed by atoms with van der Waals surface area (Å²) in [7, 11) is 0. The van der Waals surface area contributed by atoms with E-state index < -0.39 is 0 Å². The van der Waals surface area contributed by atoms with Crippen molar-refractivity contribution in [2.45, 2.75) is 13.0 Å². The van der Waals surface area contributed by atoms with Gasteiger partial charge in [0.05, 0.1) is 4.88 Å². The maximum absolute atomic E-state index is 13.1. The molecule has 2 aromatic carbocycles. The fourth-order valence-corrected chi connectivity index (χ4v) is 4.28. The summed E-state index contributed by atoms with van der Waals surface area (Å²) in [6, 6.07) is 17.2. The first-order valence-corrected chi connectivity index (χ1v) is 11.2. The van der Waals surface area contributed by atoms with E-state index in [2.05, 4.69) is 10.2 Å². The molecule has 5 nitrogen and oxygen atoms in total. The van der Waals surface area contributed by atoms with Crippen LogP contribution in [0.1, 0.15) is 32.0 Å². The van der Waals surface area contributed by atoms with Gasteiger partial charge in [0, 0.05) is 44.0 Å². The average molecular weight is 438 g/mol. The van der Waals surface area contributed by atoms with Crippen molar-refractivity contribution in [3.63, 3.8) is 0 Å². The highest BCUT2D eigenvalue weighted by atomic mass is 32.1. The molecule has 2 amide bonds. The van der Waals surface area contributed by atoms with Crippen molar-refractivity contribution in [3.05, 3.63) is 87.9 Å². The first-order chi connectivity index (χ1) is 15.1. The van der Waals surface area contributed by atoms with E-state index in [1.807, 2.05) is 28.5 Å². The van der Waals surface area contributed by atoms with E-state index >= 15 is 0 Å². The van der Waals surface area contributed by atoms with Gasteiger partial charge in [-0.25, -0.2) is 4.39 Å². The van der Waals surface area contributed by atoms with Crippen molar-refractivity contribution >= 4 is 28.8 Å². The second-order valence-corrected chi connectivity index (χ2v) is 8.50. The Morgan fingerprint density at radius 1 is 0.935 bits per heavy atom. The SMILES string of the molecule is O=C(Nc1ccc(C(=O)N2CCCN(Cc3ccc(F)cc3)CC2)cc1)c1cccs1. The third-order valence-corrected chi connectivity index (χ3v) is 6.20. The van der Waals surface area contributed by atoms with Crippen molar-refractivity contribution < 1.29 is 14.0 Å². The van der Waals surface area contributed by atoms with Gasteiger partial charge in [0.1, 0.15) is 5.82 Å². The minimum atomic E-state index is -0.228. The number of benzene rings is 2. The summed E-state index contributed by atoms with van der Waals surface area (Å²) in [6.45, 7) is 3.78. The second kappa shape index (κ2) is 9.85. The third kappa shape index (κ3) is 5.57. The Morgan fingerprint density at radius 2 is 1.71 bits per heavy atom. The van der Waals surface area contributed by atoms with Gasteiger partial charge in [-0.05, 0) is 59.8 Å². The lowest BCUT2D eigenvalue weighted by molar-refractivity contribution is 0.0761. The first kappa shape index (κ1) is 21.2. The molecule has 1 aliphatic rings. The van der Waals surface area contributed by atoms with E-state index in [9.17, 15) is 14.0 Å². The van der Waals surface area contributed by atoms with Crippen molar-refractivity contribution in [2.75, 3.05) is 31.5 Å². The van der Waals surface area contributed by atoms with Crippen LogP contribution in [0.5, 0.6) is 0 Å². The van der Waals surface area contributed by atoms with Crippen molar-refractivity contribution in [3.8, 4) is 0 Å². The quantitative estimate of drug-likeness (QED) is 0.640. The van der Waals surface area contributed by atoms with Gasteiger partial charge < -0.3 is 10.2 Å². The number of anilines is 1. The molecule has 7 heteroatoms. The van der Waals surface area contributed by atoms with Crippen LogP contribution in [-0.2, 0) is 6.54 Å². The van der Waals surface area contributed by atoms with Gasteiger partial charge in [-0.1, -0.05) is 18.2 Å². The number of thiophene rings is 1. The molecule has 1 fully saturated rings. The topological polar surface area (TPSA) is 52.7 Å². The molecule has 1 saturated heterocycles. The van der Waals surface area contributed by atoms with Crippen LogP contribution in [0.4, 0.5) is 10.1 Å². The summed E-state index contributed by atoms with van der Waals surface area (Å²) >= 11 is 1.39. The number of hydrogen-bond acceptors (Lipinski definition) is 4. The van der Waals surface area contributed by atoms with Gasteiger partial charge in [0.15, 0.2) is 0 Å². The lowest BCUT2D eigenvalue weighted by Crippen LogP contribution is -2.35. The Balaban J connectivity index is 1.32. The highest BCUT2D eigenvalue weighted by molar-refractivity contribution is 7.12. The minimum Gasteiger partial charge on any atom is -0.337 e. The van der Waals surface area contributed by atoms with Crippen LogP contribution < -0.4 is 5.32 Å². The molecule has 0 aliphatic carbocycles. The highest BCUT2D eigenvalue weighted by Crippen LogP contribution is 2.17. The van der Waals surface area contributed by atoms with Gasteiger partial charge in [-0.3, -0.25) is 14.5 Å². The van der Waals surface area contributed by atoms with Crippen LogP contribution in [-0.4, -0.2) is 47.8 Å². The van der Waals surface area contributed by atoms with Gasteiger partial charge in [0.2, 0.25) is 0 Å². The van der Waals surface area contributed by atoms with Crippen LogP contribution in [0.15, 0.2) is 66.0 Å². The summed E-state index contributed by atoms with van der Waals surface area (Å²) in [5, 5.41) is 4.71. The van der Waals surface area contributed by atoms with Gasteiger partial charge in [-0.2, -0.15) is 0 Å². The number of amides is 2. The number of carbonyl (C=O) groups is 2. The zero-order chi connectivity index (χ0) is 21.6. The number of rotatable bonds is 5. The third-order valence-electron chi connectivity index (χ3n) is 5.33. The fraction of sp³-hybridized carbons (Fsp3) is 0.250. The van der Waals surface area contributed by atoms with E-state index in [1.54, 1.807) is 30.3 Å². The monoisotopic (exact) mass is 437 g/mol. The largest absolute Gasteiger partial charge is 0.337 e. The van der Waals surface area contributed by atoms with Crippen LogP contribution in [0.3, 0.4) is 0 Å². The highest BCUT2D eigenvalue weighted by Gasteiger charge is 2.20. The molecule has 1 aliphatic heterocycles. The predicted octanol–water partition coefficient (Wildman–Crippen LogP) is 4.49. The maximum Gasteiger partial charge on any atom is 0.265 e. The van der Waals surface area contributed by atoms with Gasteiger partial charge in [0.25, 0.3) is 11.8 Å². The van der Waals surface area contributed by atoms with E-state index in [0.717, 1.165) is 31.6 Å². The molecule has 0 spiro atoms. The van der Waals surface area contributed by atoms with Crippen LogP contribution in [0.2, 0.25) is 0 Å². The molecule has 0 atom stereocenters. The molecule has 0 bridgehead atoms. The summed E-state index contributed by atoms with van der Waals surface area (Å²) in [5.74, 6) is -0.379. The fourth-order valence-electron chi connectivity index (χ4n) is 3.66. The van der Waals surface area contributed by atoms with Crippen LogP contribution in [0, 0.1) is 5.82 Å². The van der Waals surface area contributed by atoms with E-state index in [1.165, 1.54) is 23.5 Å². The molecular weight excluding hydrogens is 413 g/mol. The Hall–Kier alpha value is -3.03. The lowest BCUT2D eigenvalue weighted by atomic mass is 10.1. The predicted molar refractivity (Wildman–Crippen MR) is 121 cm³/mol. The Kier molecular flexibility index (Phi) is 6.74. The van der Waals surface area contributed by atoms with E-state index in [-0.39, 0.29) is 17.6 Å². The standard InChI is InChI=1S/C24H24FN3O2S/c25-20-8-4-18(5-9-20)17-27-12-2-13-28(15-14-27)24(30)19-6-10-21(11-7-19)26-23(29)22-3-1-16-31-22/h1,3-11,16H,2,12-15,17H2,(H,26,29). The molecule has 0 radical (unpaired) electrons. The number of carbonyl (C=O) groups excluding carboxylic acids is 2. The summed E-state index contributed by atoms with van der Waals surface area (Å²) in [5.41, 5.74) is 2.35. The number of nitrogens with zero attached hydrogens (tertiary/aromatic N) is 2. The second-order valence-electron chi connectivity index (χ2n) is 7.56. The normalized spacial score (nSPS) is 14.8. The summed E-state index contributed by atoms with van der Waals surface area (Å²) in [4.78, 5) is 29.9. The molecule has 4 rings (SSSR count). The Morgan fingerprint density at radius 3 is 2.42 bits per heavy atom. The van der Waals surface area contributed by atoms with Crippen LogP contribution in [0.25, 0.3) is 0 Å². The maximum atomic E-state index is 13.1. The first-order valence-electron chi connectivity index (χ1n) is 10.3. The molecule has 1 aromatic heterocycles. The minimum absolute atomic E-state index is 0.000217. The van der Waals surface area contributed by atoms with Crippen LogP contribution >= 0.6 is 11.3 Å². The lowest BCUT2D eigenvalue weighted by Gasteiger charge is -2.22. The van der Waals surface area contributed by atoms with E-state index in [0.29, 0.717) is 29.2 Å². The molecule has 0 saturated carbocycles. The van der Waals surface area contributed by atoms with Crippen molar-refractivity contribution in [1.29, 1.82) is 0 Å².